The van der Waals surface area contributed by atoms with E-state index in [4.69, 9.17) is 23.2 Å². The maximum absolute atomic E-state index is 14.1. The van der Waals surface area contributed by atoms with Gasteiger partial charge in [0.2, 0.25) is 0 Å². The summed E-state index contributed by atoms with van der Waals surface area (Å²) < 4.78 is 27.4. The summed E-state index contributed by atoms with van der Waals surface area (Å²) in [6.45, 7) is 0.447. The van der Waals surface area contributed by atoms with Crippen molar-refractivity contribution in [1.29, 1.82) is 0 Å². The first-order valence-corrected chi connectivity index (χ1v) is 9.72. The topological polar surface area (TPSA) is 66.1 Å². The number of nitrogens with zero attached hydrogens (tertiary/aromatic N) is 2. The first-order chi connectivity index (χ1) is 13.8. The molecule has 0 radical (unpaired) electrons. The SMILES string of the molecule is O=C(c1nc2c(F)cc(F)cc2[nH]c1=O)N1CCCC1Cc1cc(Cl)cc(Cl)c1. The maximum atomic E-state index is 14.1. The molecule has 150 valence electrons. The summed E-state index contributed by atoms with van der Waals surface area (Å²) in [5, 5.41) is 0.998. The Hall–Kier alpha value is -2.51. The molecule has 1 aromatic heterocycles. The van der Waals surface area contributed by atoms with E-state index in [0.717, 1.165) is 24.5 Å². The van der Waals surface area contributed by atoms with Crippen LogP contribution in [-0.4, -0.2) is 33.4 Å². The number of likely N-dealkylation sites (tertiary alicyclic amines) is 1. The van der Waals surface area contributed by atoms with Crippen LogP contribution in [0.3, 0.4) is 0 Å². The highest BCUT2D eigenvalue weighted by atomic mass is 35.5. The van der Waals surface area contributed by atoms with Gasteiger partial charge in [-0.15, -0.1) is 0 Å². The molecular formula is C20H15Cl2F2N3O2. The molecule has 29 heavy (non-hydrogen) atoms. The minimum Gasteiger partial charge on any atom is -0.334 e. The Morgan fingerprint density at radius 3 is 2.62 bits per heavy atom. The fourth-order valence-corrected chi connectivity index (χ4v) is 4.29. The van der Waals surface area contributed by atoms with Gasteiger partial charge in [0.1, 0.15) is 11.3 Å². The number of amides is 1. The van der Waals surface area contributed by atoms with Gasteiger partial charge in [-0.05, 0) is 49.1 Å². The normalized spacial score (nSPS) is 16.6. The van der Waals surface area contributed by atoms with Crippen molar-refractivity contribution in [2.75, 3.05) is 6.54 Å². The lowest BCUT2D eigenvalue weighted by Crippen LogP contribution is -2.40. The van der Waals surface area contributed by atoms with Gasteiger partial charge in [-0.1, -0.05) is 23.2 Å². The molecular weight excluding hydrogens is 423 g/mol. The lowest BCUT2D eigenvalue weighted by atomic mass is 10.0. The standard InChI is InChI=1S/C20H15Cl2F2N3O2/c21-11-4-10(5-12(22)7-11)6-14-2-1-3-27(14)20(29)18-19(28)25-16-9-13(23)8-15(24)17(16)26-18/h4-5,7-9,14H,1-3,6H2,(H,25,28). The van der Waals surface area contributed by atoms with E-state index in [1.54, 1.807) is 23.1 Å². The summed E-state index contributed by atoms with van der Waals surface area (Å²) >= 11 is 12.1. The Morgan fingerprint density at radius 1 is 1.17 bits per heavy atom. The monoisotopic (exact) mass is 437 g/mol. The van der Waals surface area contributed by atoms with Gasteiger partial charge < -0.3 is 9.88 Å². The number of nitrogens with one attached hydrogen (secondary N) is 1. The average Bonchev–Trinajstić information content (AvgIpc) is 3.07. The van der Waals surface area contributed by atoms with Gasteiger partial charge in [-0.25, -0.2) is 13.8 Å². The number of carbonyl (C=O) groups excluding carboxylic acids is 1. The lowest BCUT2D eigenvalue weighted by molar-refractivity contribution is 0.0729. The number of H-pyrrole nitrogens is 1. The molecule has 1 aliphatic rings. The second-order valence-electron chi connectivity index (χ2n) is 6.97. The third-order valence-electron chi connectivity index (χ3n) is 4.95. The summed E-state index contributed by atoms with van der Waals surface area (Å²) in [5.74, 6) is -2.38. The molecule has 0 aliphatic carbocycles. The zero-order valence-corrected chi connectivity index (χ0v) is 16.5. The first kappa shape index (κ1) is 19.8. The average molecular weight is 438 g/mol. The lowest BCUT2D eigenvalue weighted by Gasteiger charge is -2.24. The van der Waals surface area contributed by atoms with Crippen LogP contribution >= 0.6 is 23.2 Å². The molecule has 1 atom stereocenters. The highest BCUT2D eigenvalue weighted by Crippen LogP contribution is 2.26. The molecule has 1 aliphatic heterocycles. The van der Waals surface area contributed by atoms with Gasteiger partial charge in [0.25, 0.3) is 11.5 Å². The summed E-state index contributed by atoms with van der Waals surface area (Å²) in [5.41, 5.74) is -0.695. The number of aromatic amines is 1. The molecule has 9 heteroatoms. The van der Waals surface area contributed by atoms with Crippen molar-refractivity contribution in [3.05, 3.63) is 73.6 Å². The molecule has 1 N–H and O–H groups in total. The number of hydrogen-bond donors (Lipinski definition) is 1. The molecule has 2 aromatic carbocycles. The zero-order valence-electron chi connectivity index (χ0n) is 15.0. The maximum Gasteiger partial charge on any atom is 0.280 e. The highest BCUT2D eigenvalue weighted by molar-refractivity contribution is 6.34. The van der Waals surface area contributed by atoms with Crippen molar-refractivity contribution in [2.45, 2.75) is 25.3 Å². The van der Waals surface area contributed by atoms with E-state index >= 15 is 0 Å². The Morgan fingerprint density at radius 2 is 1.90 bits per heavy atom. The number of halogens is 4. The summed E-state index contributed by atoms with van der Waals surface area (Å²) in [6.07, 6.45) is 2.01. The second-order valence-corrected chi connectivity index (χ2v) is 7.85. The van der Waals surface area contributed by atoms with Gasteiger partial charge in [-0.3, -0.25) is 9.59 Å². The van der Waals surface area contributed by atoms with Crippen LogP contribution in [-0.2, 0) is 6.42 Å². The fraction of sp³-hybridized carbons (Fsp3) is 0.250. The third-order valence-corrected chi connectivity index (χ3v) is 5.39. The minimum absolute atomic E-state index is 0.101. The van der Waals surface area contributed by atoms with Crippen LogP contribution < -0.4 is 5.56 Å². The molecule has 5 nitrogen and oxygen atoms in total. The Balaban J connectivity index is 1.66. The smallest absolute Gasteiger partial charge is 0.280 e. The van der Waals surface area contributed by atoms with Crippen LogP contribution in [0.15, 0.2) is 35.1 Å². The molecule has 3 aromatic rings. The van der Waals surface area contributed by atoms with Crippen molar-refractivity contribution in [3.8, 4) is 0 Å². The Kier molecular flexibility index (Phi) is 5.27. The summed E-state index contributed by atoms with van der Waals surface area (Å²) in [4.78, 5) is 33.2. The van der Waals surface area contributed by atoms with Gasteiger partial charge in [-0.2, -0.15) is 0 Å². The number of benzene rings is 2. The molecule has 1 saturated heterocycles. The number of hydrogen-bond acceptors (Lipinski definition) is 3. The minimum atomic E-state index is -0.947. The summed E-state index contributed by atoms with van der Waals surface area (Å²) in [7, 11) is 0. The Labute approximate surface area is 174 Å². The number of fused-ring (bicyclic) bond motifs is 1. The van der Waals surface area contributed by atoms with Crippen molar-refractivity contribution in [2.24, 2.45) is 0 Å². The van der Waals surface area contributed by atoms with Crippen LogP contribution in [0.2, 0.25) is 10.0 Å². The van der Waals surface area contributed by atoms with Crippen LogP contribution in [0, 0.1) is 11.6 Å². The first-order valence-electron chi connectivity index (χ1n) is 8.97. The van der Waals surface area contributed by atoms with E-state index in [1.807, 2.05) is 0 Å². The van der Waals surface area contributed by atoms with Crippen LogP contribution in [0.5, 0.6) is 0 Å². The fourth-order valence-electron chi connectivity index (χ4n) is 3.72. The molecule has 0 saturated carbocycles. The van der Waals surface area contributed by atoms with E-state index in [9.17, 15) is 18.4 Å². The molecule has 1 unspecified atom stereocenters. The molecule has 4 rings (SSSR count). The zero-order chi connectivity index (χ0) is 20.7. The predicted octanol–water partition coefficient (Wildman–Crippen LogP) is 4.36. The molecule has 0 spiro atoms. The summed E-state index contributed by atoms with van der Waals surface area (Å²) in [6, 6.07) is 6.62. The molecule has 0 bridgehead atoms. The number of aromatic nitrogens is 2. The van der Waals surface area contributed by atoms with Gasteiger partial charge in [0.15, 0.2) is 11.5 Å². The quantitative estimate of drug-likeness (QED) is 0.661. The molecule has 2 heterocycles. The van der Waals surface area contributed by atoms with Crippen LogP contribution in [0.25, 0.3) is 11.0 Å². The van der Waals surface area contributed by atoms with Crippen molar-refractivity contribution in [3.63, 3.8) is 0 Å². The van der Waals surface area contributed by atoms with Crippen LogP contribution in [0.4, 0.5) is 8.78 Å². The number of carbonyl (C=O) groups is 1. The van der Waals surface area contributed by atoms with E-state index in [-0.39, 0.29) is 17.1 Å². The number of rotatable bonds is 3. The molecule has 1 fully saturated rings. The largest absolute Gasteiger partial charge is 0.334 e. The predicted molar refractivity (Wildman–Crippen MR) is 107 cm³/mol. The van der Waals surface area contributed by atoms with Crippen molar-refractivity contribution >= 4 is 40.1 Å². The highest BCUT2D eigenvalue weighted by Gasteiger charge is 2.32. The van der Waals surface area contributed by atoms with E-state index in [1.165, 1.54) is 0 Å². The van der Waals surface area contributed by atoms with Crippen molar-refractivity contribution in [1.82, 2.24) is 14.9 Å². The Bertz CT molecular complexity index is 1160. The van der Waals surface area contributed by atoms with Gasteiger partial charge in [0.05, 0.1) is 5.52 Å². The van der Waals surface area contributed by atoms with Gasteiger partial charge >= 0.3 is 0 Å². The van der Waals surface area contributed by atoms with E-state index in [0.29, 0.717) is 29.1 Å². The van der Waals surface area contributed by atoms with E-state index < -0.39 is 28.8 Å². The van der Waals surface area contributed by atoms with E-state index in [2.05, 4.69) is 9.97 Å². The third kappa shape index (κ3) is 3.97. The van der Waals surface area contributed by atoms with Crippen molar-refractivity contribution < 1.29 is 13.6 Å². The van der Waals surface area contributed by atoms with Crippen LogP contribution in [0.1, 0.15) is 28.9 Å². The van der Waals surface area contributed by atoms with Gasteiger partial charge in [0, 0.05) is 28.7 Å². The second kappa shape index (κ2) is 7.72. The molecule has 1 amide bonds.